The van der Waals surface area contributed by atoms with E-state index in [-0.39, 0.29) is 5.75 Å². The third kappa shape index (κ3) is 2.79. The zero-order valence-corrected chi connectivity index (χ0v) is 8.39. The Hall–Kier alpha value is -1.36. The highest BCUT2D eigenvalue weighted by atomic mass is 35.5. The SMILES string of the molecule is Cc1cc(Cl)ccc1OC(F)(F)C(=O)O. The zero-order valence-electron chi connectivity index (χ0n) is 7.63. The number of ether oxygens (including phenoxy) is 1. The number of carboxylic acid groups (broad SMARTS) is 1. The number of hydrogen-bond acceptors (Lipinski definition) is 2. The van der Waals surface area contributed by atoms with Gasteiger partial charge in [0.1, 0.15) is 5.75 Å². The molecule has 15 heavy (non-hydrogen) atoms. The third-order valence-corrected chi connectivity index (χ3v) is 1.86. The summed E-state index contributed by atoms with van der Waals surface area (Å²) >= 11 is 5.59. The minimum atomic E-state index is -4.24. The van der Waals surface area contributed by atoms with Crippen LogP contribution in [0.1, 0.15) is 5.56 Å². The van der Waals surface area contributed by atoms with Gasteiger partial charge in [-0.1, -0.05) is 11.6 Å². The average Bonchev–Trinajstić information content (AvgIpc) is 2.09. The van der Waals surface area contributed by atoms with Crippen molar-refractivity contribution >= 4 is 17.6 Å². The molecule has 0 aliphatic heterocycles. The van der Waals surface area contributed by atoms with Gasteiger partial charge in [0, 0.05) is 5.02 Å². The van der Waals surface area contributed by atoms with E-state index in [0.29, 0.717) is 10.6 Å². The molecule has 0 heterocycles. The highest BCUT2D eigenvalue weighted by Gasteiger charge is 2.42. The second-order valence-corrected chi connectivity index (χ2v) is 3.27. The summed E-state index contributed by atoms with van der Waals surface area (Å²) in [5.74, 6) is -2.55. The number of rotatable bonds is 3. The monoisotopic (exact) mass is 236 g/mol. The lowest BCUT2D eigenvalue weighted by Gasteiger charge is -2.14. The van der Waals surface area contributed by atoms with Crippen LogP contribution < -0.4 is 4.74 Å². The molecule has 0 bridgehead atoms. The molecule has 1 aromatic rings. The Kier molecular flexibility index (Phi) is 3.14. The molecule has 1 rings (SSSR count). The van der Waals surface area contributed by atoms with Crippen LogP contribution in [0.25, 0.3) is 0 Å². The number of carbonyl (C=O) groups is 1. The summed E-state index contributed by atoms with van der Waals surface area (Å²) in [5, 5.41) is 8.51. The summed E-state index contributed by atoms with van der Waals surface area (Å²) < 4.78 is 29.4. The lowest BCUT2D eigenvalue weighted by Crippen LogP contribution is -2.35. The maximum Gasteiger partial charge on any atom is 0.501 e. The van der Waals surface area contributed by atoms with E-state index in [4.69, 9.17) is 16.7 Å². The highest BCUT2D eigenvalue weighted by molar-refractivity contribution is 6.30. The fraction of sp³-hybridized carbons (Fsp3) is 0.222. The maximum absolute atomic E-state index is 12.7. The van der Waals surface area contributed by atoms with Gasteiger partial charge < -0.3 is 9.84 Å². The first-order valence-electron chi connectivity index (χ1n) is 3.89. The average molecular weight is 237 g/mol. The molecule has 82 valence electrons. The Morgan fingerprint density at radius 3 is 2.60 bits per heavy atom. The summed E-state index contributed by atoms with van der Waals surface area (Å²) in [6.45, 7) is 1.49. The van der Waals surface area contributed by atoms with Gasteiger partial charge in [-0.15, -0.1) is 0 Å². The standard InChI is InChI=1S/C9H7ClF2O3/c1-5-4-6(10)2-3-7(5)15-9(11,12)8(13)14/h2-4H,1H3,(H,13,14). The first kappa shape index (κ1) is 11.7. The Labute approximate surface area is 89.2 Å². The molecule has 3 nitrogen and oxygen atoms in total. The maximum atomic E-state index is 12.7. The van der Waals surface area contributed by atoms with Gasteiger partial charge in [0.05, 0.1) is 0 Å². The van der Waals surface area contributed by atoms with E-state index < -0.39 is 12.1 Å². The predicted octanol–water partition coefficient (Wildman–Crippen LogP) is 2.70. The number of aliphatic carboxylic acids is 1. The molecule has 0 aliphatic rings. The van der Waals surface area contributed by atoms with Crippen molar-refractivity contribution in [2.45, 2.75) is 13.0 Å². The van der Waals surface area contributed by atoms with E-state index in [9.17, 15) is 13.6 Å². The lowest BCUT2D eigenvalue weighted by atomic mass is 10.2. The minimum absolute atomic E-state index is 0.216. The number of carboxylic acids is 1. The van der Waals surface area contributed by atoms with Crippen molar-refractivity contribution in [3.8, 4) is 5.75 Å². The van der Waals surface area contributed by atoms with E-state index in [1.165, 1.54) is 25.1 Å². The molecule has 0 saturated heterocycles. The molecule has 0 atom stereocenters. The van der Waals surface area contributed by atoms with Crippen LogP contribution in [0.4, 0.5) is 8.78 Å². The van der Waals surface area contributed by atoms with Crippen LogP contribution in [0, 0.1) is 6.92 Å². The van der Waals surface area contributed by atoms with Crippen LogP contribution >= 0.6 is 11.6 Å². The highest BCUT2D eigenvalue weighted by Crippen LogP contribution is 2.27. The molecule has 0 spiro atoms. The van der Waals surface area contributed by atoms with Crippen LogP contribution in [0.15, 0.2) is 18.2 Å². The van der Waals surface area contributed by atoms with Crippen molar-refractivity contribution in [1.29, 1.82) is 0 Å². The smallest absolute Gasteiger partial charge is 0.474 e. The molecule has 0 saturated carbocycles. The summed E-state index contributed by atoms with van der Waals surface area (Å²) in [4.78, 5) is 10.1. The quantitative estimate of drug-likeness (QED) is 0.878. The number of alkyl halides is 2. The van der Waals surface area contributed by atoms with Gasteiger partial charge in [0.15, 0.2) is 0 Å². The molecule has 0 radical (unpaired) electrons. The summed E-state index contributed by atoms with van der Waals surface area (Å²) in [6.07, 6.45) is -4.24. The number of hydrogen-bond donors (Lipinski definition) is 1. The van der Waals surface area contributed by atoms with Crippen LogP contribution in [-0.2, 0) is 4.79 Å². The first-order chi connectivity index (χ1) is 6.83. The molecule has 0 aliphatic carbocycles. The fourth-order valence-corrected chi connectivity index (χ4v) is 1.14. The van der Waals surface area contributed by atoms with Crippen molar-refractivity contribution in [3.63, 3.8) is 0 Å². The van der Waals surface area contributed by atoms with Crippen LogP contribution in [0.5, 0.6) is 5.75 Å². The molecule has 1 N–H and O–H groups in total. The van der Waals surface area contributed by atoms with Crippen molar-refractivity contribution in [2.24, 2.45) is 0 Å². The fourth-order valence-electron chi connectivity index (χ4n) is 0.909. The van der Waals surface area contributed by atoms with Gasteiger partial charge in [0.2, 0.25) is 0 Å². The Morgan fingerprint density at radius 1 is 1.53 bits per heavy atom. The summed E-state index contributed by atoms with van der Waals surface area (Å²) in [7, 11) is 0. The minimum Gasteiger partial charge on any atom is -0.474 e. The van der Waals surface area contributed by atoms with Gasteiger partial charge in [-0.3, -0.25) is 0 Å². The number of aryl methyl sites for hydroxylation is 1. The van der Waals surface area contributed by atoms with Crippen molar-refractivity contribution in [2.75, 3.05) is 0 Å². The van der Waals surface area contributed by atoms with Crippen molar-refractivity contribution in [1.82, 2.24) is 0 Å². The second kappa shape index (κ2) is 4.02. The van der Waals surface area contributed by atoms with Crippen LogP contribution in [0.2, 0.25) is 5.02 Å². The van der Waals surface area contributed by atoms with Crippen molar-refractivity contribution in [3.05, 3.63) is 28.8 Å². The largest absolute Gasteiger partial charge is 0.501 e. The van der Waals surface area contributed by atoms with Crippen molar-refractivity contribution < 1.29 is 23.4 Å². The van der Waals surface area contributed by atoms with E-state index in [1.807, 2.05) is 0 Å². The summed E-state index contributed by atoms with van der Waals surface area (Å²) in [6, 6.07) is 3.92. The van der Waals surface area contributed by atoms with Gasteiger partial charge in [-0.2, -0.15) is 8.78 Å². The molecule has 0 fully saturated rings. The molecule has 6 heteroatoms. The number of benzene rings is 1. The Bertz CT molecular complexity index is 393. The van der Waals surface area contributed by atoms with E-state index in [0.717, 1.165) is 0 Å². The van der Waals surface area contributed by atoms with Crippen LogP contribution in [0.3, 0.4) is 0 Å². The third-order valence-electron chi connectivity index (χ3n) is 1.62. The van der Waals surface area contributed by atoms with Gasteiger partial charge in [-0.25, -0.2) is 4.79 Å². The molecule has 0 unspecified atom stereocenters. The second-order valence-electron chi connectivity index (χ2n) is 2.83. The summed E-state index contributed by atoms with van der Waals surface area (Å²) in [5.41, 5.74) is 0.337. The Balaban J connectivity index is 2.95. The van der Waals surface area contributed by atoms with Gasteiger partial charge >= 0.3 is 12.1 Å². The van der Waals surface area contributed by atoms with Gasteiger partial charge in [0.25, 0.3) is 0 Å². The number of halogens is 3. The molecule has 1 aromatic carbocycles. The normalized spacial score (nSPS) is 11.2. The molecular formula is C9H7ClF2O3. The first-order valence-corrected chi connectivity index (χ1v) is 4.27. The predicted molar refractivity (Wildman–Crippen MR) is 49.4 cm³/mol. The van der Waals surface area contributed by atoms with Crippen LogP contribution in [-0.4, -0.2) is 17.2 Å². The van der Waals surface area contributed by atoms with E-state index in [1.54, 1.807) is 0 Å². The molecule has 0 aromatic heterocycles. The Morgan fingerprint density at radius 2 is 2.13 bits per heavy atom. The molecular weight excluding hydrogens is 230 g/mol. The zero-order chi connectivity index (χ0) is 11.6. The molecule has 0 amide bonds. The van der Waals surface area contributed by atoms with Gasteiger partial charge in [-0.05, 0) is 30.7 Å². The topological polar surface area (TPSA) is 46.5 Å². The lowest BCUT2D eigenvalue weighted by molar-refractivity contribution is -0.211. The van der Waals surface area contributed by atoms with E-state index >= 15 is 0 Å². The van der Waals surface area contributed by atoms with E-state index in [2.05, 4.69) is 4.74 Å².